The van der Waals surface area contributed by atoms with E-state index in [1.165, 1.54) is 11.8 Å². The standard InChI is InChI=1S/C24H40N4O6S/c1-17-16-26-24(30)28-23(17)35-21(8-10-32-12-14-34-15-13-33-11-9-25)22(29)27-18(2)19-4-6-20(31-3)7-5-19/h4-7,17-18,21,23H,8-16,25H2,1-3H3,(H,27,29)(H2,26,28,30)/t17?,18-,21-,23?/m1/s1. The molecular weight excluding hydrogens is 472 g/mol. The summed E-state index contributed by atoms with van der Waals surface area (Å²) in [6.45, 7) is 7.85. The van der Waals surface area contributed by atoms with Crippen LogP contribution in [0.15, 0.2) is 24.3 Å². The molecule has 1 aliphatic rings. The molecule has 0 spiro atoms. The molecule has 1 aromatic carbocycles. The Labute approximate surface area is 212 Å². The summed E-state index contributed by atoms with van der Waals surface area (Å²) in [7, 11) is 1.62. The largest absolute Gasteiger partial charge is 0.497 e. The van der Waals surface area contributed by atoms with Crippen molar-refractivity contribution < 1.29 is 28.5 Å². The minimum Gasteiger partial charge on any atom is -0.497 e. The average molecular weight is 513 g/mol. The van der Waals surface area contributed by atoms with E-state index in [9.17, 15) is 9.59 Å². The molecule has 1 saturated heterocycles. The summed E-state index contributed by atoms with van der Waals surface area (Å²) < 4.78 is 21.6. The number of nitrogens with one attached hydrogen (secondary N) is 3. The predicted molar refractivity (Wildman–Crippen MR) is 137 cm³/mol. The van der Waals surface area contributed by atoms with E-state index >= 15 is 0 Å². The maximum absolute atomic E-state index is 13.2. The molecule has 3 amide bonds. The van der Waals surface area contributed by atoms with Crippen LogP contribution in [0, 0.1) is 5.92 Å². The predicted octanol–water partition coefficient (Wildman–Crippen LogP) is 1.65. The first-order valence-corrected chi connectivity index (χ1v) is 13.0. The van der Waals surface area contributed by atoms with E-state index in [0.717, 1.165) is 11.3 Å². The normalized spacial score (nSPS) is 19.4. The molecule has 4 atom stereocenters. The van der Waals surface area contributed by atoms with Gasteiger partial charge in [-0.05, 0) is 31.0 Å². The average Bonchev–Trinajstić information content (AvgIpc) is 2.86. The first-order chi connectivity index (χ1) is 16.9. The van der Waals surface area contributed by atoms with Gasteiger partial charge >= 0.3 is 6.03 Å². The lowest BCUT2D eigenvalue weighted by Gasteiger charge is -2.32. The molecule has 5 N–H and O–H groups in total. The second-order valence-corrected chi connectivity index (χ2v) is 9.64. The van der Waals surface area contributed by atoms with E-state index < -0.39 is 0 Å². The van der Waals surface area contributed by atoms with Crippen molar-refractivity contribution in [3.8, 4) is 5.75 Å². The SMILES string of the molecule is COc1ccc([C@@H](C)NC(=O)[C@@H](CCOCCOCCOCCN)SC2NC(=O)NCC2C)cc1. The van der Waals surface area contributed by atoms with Crippen LogP contribution in [0.25, 0.3) is 0 Å². The van der Waals surface area contributed by atoms with Gasteiger partial charge in [-0.25, -0.2) is 4.79 Å². The molecule has 0 radical (unpaired) electrons. The fraction of sp³-hybridized carbons (Fsp3) is 0.667. The maximum Gasteiger partial charge on any atom is 0.315 e. The van der Waals surface area contributed by atoms with Crippen LogP contribution in [-0.2, 0) is 19.0 Å². The Balaban J connectivity index is 1.85. The third-order valence-corrected chi connectivity index (χ3v) is 7.14. The molecule has 1 aliphatic heterocycles. The number of amides is 3. The maximum atomic E-state index is 13.2. The van der Waals surface area contributed by atoms with E-state index in [-0.39, 0.29) is 34.5 Å². The van der Waals surface area contributed by atoms with Crippen LogP contribution in [0.3, 0.4) is 0 Å². The molecule has 10 nitrogen and oxygen atoms in total. The zero-order valence-electron chi connectivity index (χ0n) is 20.9. The number of thioether (sulfide) groups is 1. The summed E-state index contributed by atoms with van der Waals surface area (Å²) >= 11 is 1.47. The van der Waals surface area contributed by atoms with Gasteiger partial charge in [-0.3, -0.25) is 4.79 Å². The second kappa shape index (κ2) is 16.6. The van der Waals surface area contributed by atoms with Gasteiger partial charge in [0.1, 0.15) is 5.75 Å². The van der Waals surface area contributed by atoms with Crippen molar-refractivity contribution in [2.24, 2.45) is 11.7 Å². The molecule has 0 aromatic heterocycles. The van der Waals surface area contributed by atoms with Crippen LogP contribution in [0.2, 0.25) is 0 Å². The van der Waals surface area contributed by atoms with Crippen molar-refractivity contribution in [3.05, 3.63) is 29.8 Å². The van der Waals surface area contributed by atoms with E-state index in [1.807, 2.05) is 38.1 Å². The molecule has 2 rings (SSSR count). The number of nitrogens with two attached hydrogens (primary N) is 1. The molecule has 0 aliphatic carbocycles. The number of urea groups is 1. The van der Waals surface area contributed by atoms with Crippen LogP contribution < -0.4 is 26.4 Å². The van der Waals surface area contributed by atoms with Crippen molar-refractivity contribution in [2.45, 2.75) is 36.9 Å². The van der Waals surface area contributed by atoms with E-state index in [4.69, 9.17) is 24.7 Å². The first kappa shape index (κ1) is 29.2. The van der Waals surface area contributed by atoms with Crippen LogP contribution in [0.4, 0.5) is 4.79 Å². The molecule has 198 valence electrons. The Morgan fingerprint density at radius 2 is 1.74 bits per heavy atom. The smallest absolute Gasteiger partial charge is 0.315 e. The van der Waals surface area contributed by atoms with Crippen molar-refractivity contribution in [3.63, 3.8) is 0 Å². The van der Waals surface area contributed by atoms with E-state index in [2.05, 4.69) is 16.0 Å². The Bertz CT molecular complexity index is 754. The Kier molecular flexibility index (Phi) is 13.8. The number of ether oxygens (including phenoxy) is 4. The van der Waals surface area contributed by atoms with Crippen LogP contribution >= 0.6 is 11.8 Å². The van der Waals surface area contributed by atoms with Crippen LogP contribution in [0.5, 0.6) is 5.75 Å². The number of hydrogen-bond acceptors (Lipinski definition) is 8. The second-order valence-electron chi connectivity index (χ2n) is 8.29. The van der Waals surface area contributed by atoms with Gasteiger partial charge in [0.25, 0.3) is 0 Å². The number of carbonyl (C=O) groups excluding carboxylic acids is 2. The molecule has 2 unspecified atom stereocenters. The summed E-state index contributed by atoms with van der Waals surface area (Å²) in [4.78, 5) is 25.0. The minimum absolute atomic E-state index is 0.0878. The number of benzene rings is 1. The highest BCUT2D eigenvalue weighted by Gasteiger charge is 2.31. The van der Waals surface area contributed by atoms with Gasteiger partial charge in [0.2, 0.25) is 5.91 Å². The highest BCUT2D eigenvalue weighted by atomic mass is 32.2. The number of rotatable bonds is 17. The van der Waals surface area contributed by atoms with Gasteiger partial charge in [0, 0.05) is 25.6 Å². The monoisotopic (exact) mass is 512 g/mol. The molecule has 1 aromatic rings. The van der Waals surface area contributed by atoms with Gasteiger partial charge in [-0.2, -0.15) is 0 Å². The number of carbonyl (C=O) groups is 2. The van der Waals surface area contributed by atoms with Gasteiger partial charge < -0.3 is 40.6 Å². The number of hydrogen-bond donors (Lipinski definition) is 4. The first-order valence-electron chi connectivity index (χ1n) is 12.0. The fourth-order valence-corrected chi connectivity index (χ4v) is 4.70. The summed E-state index contributed by atoms with van der Waals surface area (Å²) in [5.74, 6) is 0.860. The molecular formula is C24H40N4O6S. The topological polar surface area (TPSA) is 133 Å². The van der Waals surface area contributed by atoms with Crippen molar-refractivity contribution in [1.29, 1.82) is 0 Å². The molecule has 1 heterocycles. The lowest BCUT2D eigenvalue weighted by molar-refractivity contribution is -0.121. The lowest BCUT2D eigenvalue weighted by Crippen LogP contribution is -2.53. The summed E-state index contributed by atoms with van der Waals surface area (Å²) in [6.07, 6.45) is 0.512. The van der Waals surface area contributed by atoms with Crippen LogP contribution in [-0.4, -0.2) is 82.4 Å². The Hall–Kier alpha value is -2.05. The van der Waals surface area contributed by atoms with Gasteiger partial charge in [-0.15, -0.1) is 11.8 Å². The summed E-state index contributed by atoms with van der Waals surface area (Å²) in [5.41, 5.74) is 6.35. The zero-order valence-corrected chi connectivity index (χ0v) is 21.7. The lowest BCUT2D eigenvalue weighted by atomic mass is 10.1. The quantitative estimate of drug-likeness (QED) is 0.232. The zero-order chi connectivity index (χ0) is 25.5. The van der Waals surface area contributed by atoms with Gasteiger partial charge in [-0.1, -0.05) is 19.1 Å². The minimum atomic E-state index is -0.382. The third kappa shape index (κ3) is 11.0. The molecule has 0 bridgehead atoms. The van der Waals surface area contributed by atoms with Crippen molar-refractivity contribution in [2.75, 3.05) is 59.8 Å². The summed E-state index contributed by atoms with van der Waals surface area (Å²) in [5, 5.41) is 8.28. The molecule has 1 fully saturated rings. The van der Waals surface area contributed by atoms with Gasteiger partial charge in [0.15, 0.2) is 0 Å². The third-order valence-electron chi connectivity index (χ3n) is 5.48. The van der Waals surface area contributed by atoms with E-state index in [1.54, 1.807) is 7.11 Å². The molecule has 0 saturated carbocycles. The van der Waals surface area contributed by atoms with Crippen molar-refractivity contribution in [1.82, 2.24) is 16.0 Å². The Morgan fingerprint density at radius 3 is 2.37 bits per heavy atom. The summed E-state index contributed by atoms with van der Waals surface area (Å²) in [6, 6.07) is 7.23. The Morgan fingerprint density at radius 1 is 1.11 bits per heavy atom. The van der Waals surface area contributed by atoms with E-state index in [0.29, 0.717) is 59.2 Å². The molecule has 35 heavy (non-hydrogen) atoms. The number of methoxy groups -OCH3 is 1. The van der Waals surface area contributed by atoms with Crippen LogP contribution in [0.1, 0.15) is 31.9 Å². The molecule has 11 heteroatoms. The highest BCUT2D eigenvalue weighted by molar-refractivity contribution is 8.01. The van der Waals surface area contributed by atoms with Gasteiger partial charge in [0.05, 0.1) is 56.8 Å². The fourth-order valence-electron chi connectivity index (χ4n) is 3.39. The van der Waals surface area contributed by atoms with Crippen molar-refractivity contribution >= 4 is 23.7 Å². The highest BCUT2D eigenvalue weighted by Crippen LogP contribution is 2.27.